The van der Waals surface area contributed by atoms with Crippen LogP contribution in [0.15, 0.2) is 24.4 Å². The van der Waals surface area contributed by atoms with Gasteiger partial charge in [0.05, 0.1) is 12.3 Å². The van der Waals surface area contributed by atoms with Crippen LogP contribution < -0.4 is 10.5 Å². The molecule has 0 aromatic carbocycles. The molecule has 23 heavy (non-hydrogen) atoms. The Balaban J connectivity index is 1.80. The van der Waals surface area contributed by atoms with Crippen molar-refractivity contribution in [1.29, 1.82) is 0 Å². The van der Waals surface area contributed by atoms with Crippen molar-refractivity contribution in [2.45, 2.75) is 19.8 Å². The normalized spacial score (nSPS) is 12.9. The van der Waals surface area contributed by atoms with Gasteiger partial charge in [0.1, 0.15) is 12.4 Å². The van der Waals surface area contributed by atoms with Crippen LogP contribution in [0.1, 0.15) is 22.5 Å². The number of rotatable bonds is 6. The van der Waals surface area contributed by atoms with Gasteiger partial charge in [-0.25, -0.2) is 0 Å². The van der Waals surface area contributed by atoms with E-state index in [-0.39, 0.29) is 0 Å². The molecule has 120 valence electrons. The molecule has 0 aliphatic heterocycles. The lowest BCUT2D eigenvalue weighted by Gasteiger charge is -2.10. The molecule has 0 spiro atoms. The Bertz CT molecular complexity index is 726. The molecule has 0 bridgehead atoms. The maximum Gasteiger partial charge on any atom is 0.319 e. The lowest BCUT2D eigenvalue weighted by molar-refractivity contribution is 0.141. The van der Waals surface area contributed by atoms with E-state index in [0.717, 1.165) is 40.9 Å². The minimum atomic E-state index is 0.294. The second-order valence-corrected chi connectivity index (χ2v) is 5.50. The standard InChI is InChI=1S/C17H20N4O2/c1-11-3-5-13(19-10-11)9-12-4-6-14-15(12)20-17(21-16(14)18)23-8-7-22-2/h3-5,10H,6-9H2,1-2H3,(H2,18,20,21). The van der Waals surface area contributed by atoms with Gasteiger partial charge < -0.3 is 15.2 Å². The Kier molecular flexibility index (Phi) is 4.52. The largest absolute Gasteiger partial charge is 0.461 e. The second-order valence-electron chi connectivity index (χ2n) is 5.50. The Morgan fingerprint density at radius 3 is 2.83 bits per heavy atom. The minimum absolute atomic E-state index is 0.294. The van der Waals surface area contributed by atoms with E-state index in [1.54, 1.807) is 7.11 Å². The molecule has 1 aliphatic carbocycles. The highest BCUT2D eigenvalue weighted by molar-refractivity contribution is 5.75. The van der Waals surface area contributed by atoms with E-state index >= 15 is 0 Å². The molecule has 2 heterocycles. The van der Waals surface area contributed by atoms with E-state index in [9.17, 15) is 0 Å². The highest BCUT2D eigenvalue weighted by Gasteiger charge is 2.21. The van der Waals surface area contributed by atoms with Crippen LogP contribution in [-0.4, -0.2) is 35.3 Å². The minimum Gasteiger partial charge on any atom is -0.461 e. The lowest BCUT2D eigenvalue weighted by Crippen LogP contribution is -2.10. The molecule has 6 nitrogen and oxygen atoms in total. The summed E-state index contributed by atoms with van der Waals surface area (Å²) in [6.45, 7) is 2.90. The number of methoxy groups -OCH3 is 1. The van der Waals surface area contributed by atoms with Crippen LogP contribution in [0.25, 0.3) is 5.57 Å². The Hall–Kier alpha value is -2.47. The van der Waals surface area contributed by atoms with Gasteiger partial charge in [-0.15, -0.1) is 0 Å². The van der Waals surface area contributed by atoms with Gasteiger partial charge >= 0.3 is 6.01 Å². The number of anilines is 1. The van der Waals surface area contributed by atoms with Crippen LogP contribution in [0.5, 0.6) is 6.01 Å². The average molecular weight is 312 g/mol. The summed E-state index contributed by atoms with van der Waals surface area (Å²) in [7, 11) is 1.62. The molecule has 0 amide bonds. The number of nitrogens with zero attached hydrogens (tertiary/aromatic N) is 3. The van der Waals surface area contributed by atoms with E-state index in [0.29, 0.717) is 25.0 Å². The van der Waals surface area contributed by atoms with Crippen molar-refractivity contribution in [2.75, 3.05) is 26.1 Å². The van der Waals surface area contributed by atoms with Crippen molar-refractivity contribution in [3.05, 3.63) is 46.9 Å². The molecular weight excluding hydrogens is 292 g/mol. The number of fused-ring (bicyclic) bond motifs is 1. The number of pyridine rings is 1. The summed E-state index contributed by atoms with van der Waals surface area (Å²) in [5, 5.41) is 0. The van der Waals surface area contributed by atoms with Gasteiger partial charge in [0.2, 0.25) is 0 Å². The van der Waals surface area contributed by atoms with Crippen LogP contribution in [-0.2, 0) is 17.6 Å². The molecule has 0 saturated heterocycles. The fourth-order valence-corrected chi connectivity index (χ4v) is 2.50. The molecule has 1 aliphatic rings. The van der Waals surface area contributed by atoms with Crippen molar-refractivity contribution in [3.63, 3.8) is 0 Å². The topological polar surface area (TPSA) is 83.2 Å². The number of aryl methyl sites for hydroxylation is 1. The van der Waals surface area contributed by atoms with E-state index < -0.39 is 0 Å². The van der Waals surface area contributed by atoms with E-state index in [1.807, 2.05) is 19.2 Å². The number of nitrogens with two attached hydrogens (primary N) is 1. The molecule has 2 aromatic heterocycles. The molecule has 0 fully saturated rings. The van der Waals surface area contributed by atoms with Crippen molar-refractivity contribution >= 4 is 11.4 Å². The Morgan fingerprint density at radius 1 is 1.22 bits per heavy atom. The summed E-state index contributed by atoms with van der Waals surface area (Å²) in [6, 6.07) is 4.39. The van der Waals surface area contributed by atoms with E-state index in [4.69, 9.17) is 15.2 Å². The highest BCUT2D eigenvalue weighted by Crippen LogP contribution is 2.32. The quantitative estimate of drug-likeness (QED) is 0.821. The zero-order valence-corrected chi connectivity index (χ0v) is 13.4. The molecule has 3 rings (SSSR count). The van der Waals surface area contributed by atoms with Gasteiger partial charge in [-0.05, 0) is 30.5 Å². The molecule has 0 saturated carbocycles. The summed E-state index contributed by atoms with van der Waals surface area (Å²) in [5.41, 5.74) is 11.1. The van der Waals surface area contributed by atoms with Crippen LogP contribution in [0, 0.1) is 6.92 Å². The first-order valence-corrected chi connectivity index (χ1v) is 7.56. The Morgan fingerprint density at radius 2 is 2.09 bits per heavy atom. The number of hydrogen-bond donors (Lipinski definition) is 1. The Labute approximate surface area is 135 Å². The SMILES string of the molecule is COCCOc1nc(N)c2c(n1)C(Cc1ccc(C)cn1)=CC2. The zero-order valence-electron chi connectivity index (χ0n) is 13.4. The molecular formula is C17H20N4O2. The maximum atomic E-state index is 6.04. The van der Waals surface area contributed by atoms with Gasteiger partial charge in [-0.3, -0.25) is 4.98 Å². The van der Waals surface area contributed by atoms with Crippen molar-refractivity contribution in [1.82, 2.24) is 15.0 Å². The molecule has 2 N–H and O–H groups in total. The smallest absolute Gasteiger partial charge is 0.319 e. The van der Waals surface area contributed by atoms with Crippen LogP contribution in [0.2, 0.25) is 0 Å². The number of hydrogen-bond acceptors (Lipinski definition) is 6. The predicted molar refractivity (Wildman–Crippen MR) is 88.2 cm³/mol. The predicted octanol–water partition coefficient (Wildman–Crippen LogP) is 1.97. The first kappa shape index (κ1) is 15.4. The summed E-state index contributed by atoms with van der Waals surface area (Å²) in [6.07, 6.45) is 5.48. The monoisotopic (exact) mass is 312 g/mol. The summed E-state index contributed by atoms with van der Waals surface area (Å²) in [5.74, 6) is 0.477. The lowest BCUT2D eigenvalue weighted by atomic mass is 10.1. The van der Waals surface area contributed by atoms with E-state index in [1.165, 1.54) is 0 Å². The number of ether oxygens (including phenoxy) is 2. The number of aromatic nitrogens is 3. The van der Waals surface area contributed by atoms with Gasteiger partial charge in [0, 0.05) is 31.0 Å². The second kappa shape index (κ2) is 6.75. The first-order valence-electron chi connectivity index (χ1n) is 7.56. The van der Waals surface area contributed by atoms with Gasteiger partial charge in [-0.1, -0.05) is 12.1 Å². The van der Waals surface area contributed by atoms with Crippen LogP contribution in [0.4, 0.5) is 5.82 Å². The molecule has 0 atom stereocenters. The molecule has 0 radical (unpaired) electrons. The van der Waals surface area contributed by atoms with Crippen LogP contribution >= 0.6 is 0 Å². The maximum absolute atomic E-state index is 6.04. The average Bonchev–Trinajstić information content (AvgIpc) is 2.93. The summed E-state index contributed by atoms with van der Waals surface area (Å²) in [4.78, 5) is 13.2. The van der Waals surface area contributed by atoms with Crippen molar-refractivity contribution in [2.24, 2.45) is 0 Å². The number of nitrogen functional groups attached to an aromatic ring is 1. The third kappa shape index (κ3) is 3.48. The zero-order chi connectivity index (χ0) is 16.2. The van der Waals surface area contributed by atoms with Gasteiger partial charge in [-0.2, -0.15) is 9.97 Å². The third-order valence-corrected chi connectivity index (χ3v) is 3.74. The molecule has 2 aromatic rings. The van der Waals surface area contributed by atoms with Crippen molar-refractivity contribution in [3.8, 4) is 6.01 Å². The fraction of sp³-hybridized carbons (Fsp3) is 0.353. The van der Waals surface area contributed by atoms with Gasteiger partial charge in [0.15, 0.2) is 0 Å². The van der Waals surface area contributed by atoms with E-state index in [2.05, 4.69) is 27.1 Å². The third-order valence-electron chi connectivity index (χ3n) is 3.74. The summed E-state index contributed by atoms with van der Waals surface area (Å²) < 4.78 is 10.5. The fourth-order valence-electron chi connectivity index (χ4n) is 2.50. The van der Waals surface area contributed by atoms with Gasteiger partial charge in [0.25, 0.3) is 0 Å². The molecule has 0 unspecified atom stereocenters. The van der Waals surface area contributed by atoms with Crippen molar-refractivity contribution < 1.29 is 9.47 Å². The highest BCUT2D eigenvalue weighted by atomic mass is 16.5. The molecule has 6 heteroatoms. The van der Waals surface area contributed by atoms with Crippen LogP contribution in [0.3, 0.4) is 0 Å². The number of allylic oxidation sites excluding steroid dienone is 2. The first-order chi connectivity index (χ1) is 11.2. The summed E-state index contributed by atoms with van der Waals surface area (Å²) >= 11 is 0.